The molecule has 0 N–H and O–H groups in total. The molecule has 6 atom stereocenters. The number of hydrogen-bond donors (Lipinski definition) is 0. The number of ether oxygens (including phenoxy) is 27. The van der Waals surface area contributed by atoms with Gasteiger partial charge in [-0.2, -0.15) is 4.89 Å². The number of carbonyl (C=O) groups is 8. The zero-order valence-corrected chi connectivity index (χ0v) is 78.2. The van der Waals surface area contributed by atoms with Crippen molar-refractivity contribution < 1.29 is 215 Å². The van der Waals surface area contributed by atoms with Crippen LogP contribution in [-0.4, -0.2) is 303 Å². The van der Waals surface area contributed by atoms with Gasteiger partial charge in [0.1, 0.15) is 135 Å². The number of esters is 1. The van der Waals surface area contributed by atoms with E-state index in [2.05, 4.69) is 0 Å². The lowest BCUT2D eigenvalue weighted by molar-refractivity contribution is -0.385. The highest BCUT2D eigenvalue weighted by atomic mass is 17.2. The third-order valence-electron chi connectivity index (χ3n) is 18.3. The Bertz CT molecular complexity index is 5650. The lowest BCUT2D eigenvalue weighted by Gasteiger charge is -2.24. The van der Waals surface area contributed by atoms with Crippen molar-refractivity contribution in [3.63, 3.8) is 0 Å². The molecule has 6 unspecified atom stereocenters. The fourth-order valence-corrected chi connectivity index (χ4v) is 11.3. The minimum atomic E-state index is -1.47. The second-order valence-electron chi connectivity index (χ2n) is 29.2. The van der Waals surface area contributed by atoms with Crippen LogP contribution in [0.5, 0.6) is 46.0 Å². The van der Waals surface area contributed by atoms with E-state index in [1.165, 1.54) is 12.1 Å². The van der Waals surface area contributed by atoms with Crippen LogP contribution in [0.15, 0.2) is 194 Å². The zero-order chi connectivity index (χ0) is 108. The fraction of sp³-hybridized carbons (Fsp3) is 0.371. The van der Waals surface area contributed by atoms with Crippen LogP contribution in [0.25, 0.3) is 0 Å². The molecule has 0 saturated carbocycles. The summed E-state index contributed by atoms with van der Waals surface area (Å²) in [6.07, 6.45) is -16.3. The third-order valence-corrected chi connectivity index (χ3v) is 18.3. The predicted octanol–water partition coefficient (Wildman–Crippen LogP) is 11.7. The molecule has 61 nitrogen and oxygen atoms in total. The second-order valence-corrected chi connectivity index (χ2v) is 29.2. The lowest BCUT2D eigenvalue weighted by Crippen LogP contribution is -2.36. The van der Waals surface area contributed by atoms with E-state index in [1.807, 2.05) is 0 Å². The van der Waals surface area contributed by atoms with Gasteiger partial charge >= 0.3 is 49.1 Å². The Kier molecular flexibility index (Phi) is 51.9. The first-order valence-electron chi connectivity index (χ1n) is 43.7. The summed E-state index contributed by atoms with van der Waals surface area (Å²) in [5.74, 6) is -1.93. The van der Waals surface area contributed by atoms with Gasteiger partial charge in [0.15, 0.2) is 0 Å². The molecule has 8 aromatic carbocycles. The van der Waals surface area contributed by atoms with Crippen molar-refractivity contribution in [3.8, 4) is 46.0 Å². The number of carbonyl (C=O) groups excluding carboxylic acids is 8. The van der Waals surface area contributed by atoms with Gasteiger partial charge in [-0.05, 0) is 97.1 Å². The SMILES string of the molecule is O=C(COCCOCC(COCC(COCC(COCC(COCC(COCC(COOC(=O)Oc1ccc([N+](=O)[O-])cc1)OCCOC(=O)Oc1ccc([N+](=O)[O-])cc1)OCCOC(=O)Oc1ccc([N+](=O)[O-])cc1)OCCOC(=O)Oc1ccc([N+](=O)[O-])cc1)OCCOC(=O)Oc1ccc([N+](=O)[O-])cc1)OCCOC(=O)Oc1ccc([N+](=O)[O-])cc1)OCCOC(=O)Oc1ccc([N+](=O)[O-])cc1)Oc1ccc([N+](=O)[O-])cc1. The molecule has 0 heterocycles. The average Bonchev–Trinajstić information content (AvgIpc) is 0.912. The maximum Gasteiger partial charge on any atom is 0.546 e. The molecule has 0 aliphatic heterocycles. The molecule has 0 saturated heterocycles. The van der Waals surface area contributed by atoms with Crippen molar-refractivity contribution in [2.75, 3.05) is 178 Å². The van der Waals surface area contributed by atoms with Crippen molar-refractivity contribution in [3.05, 3.63) is 275 Å². The molecule has 0 fully saturated rings. The highest BCUT2D eigenvalue weighted by Crippen LogP contribution is 2.27. The molecule has 8 aromatic rings. The molecule has 0 aromatic heterocycles. The van der Waals surface area contributed by atoms with Crippen molar-refractivity contribution in [2.24, 2.45) is 0 Å². The Hall–Kier alpha value is -17.2. The standard InChI is InChI=1S/C89H92N8O53/c98-82(142-68-17-1-60(2-18-68)90(106)107)59-123-34-33-122-47-76(129-35-41-135-83(99)143-69-19-3-61(4-20-69)91(108)109)48-124-49-77(130-36-42-136-84(100)144-70-21-5-62(6-22-70)92(110)111)50-125-51-78(131-37-43-137-85(101)145-71-23-7-63(8-24-71)93(112)113)52-126-53-79(132-38-44-138-86(102)146-72-25-9-64(10-26-72)94(114)115)54-127-55-80(133-39-45-139-87(103)147-73-27-11-65(12-28-73)95(116)117)56-128-57-81(58-141-150-89(105)149-75-31-15-67(16-32-75)97(120)121)134-40-46-140-88(104)148-74-29-13-66(14-30-74)96(118)119/h1-32,76-81H,33-59H2. The second kappa shape index (κ2) is 66.0. The summed E-state index contributed by atoms with van der Waals surface area (Å²) in [6, 6.07) is 35.2. The van der Waals surface area contributed by atoms with Crippen LogP contribution in [0.4, 0.5) is 79.1 Å². The lowest BCUT2D eigenvalue weighted by atomic mass is 10.3. The number of nitro groups is 8. The summed E-state index contributed by atoms with van der Waals surface area (Å²) >= 11 is 0. The van der Waals surface area contributed by atoms with Gasteiger partial charge in [0.2, 0.25) is 0 Å². The third kappa shape index (κ3) is 48.2. The number of non-ortho nitro benzene ring substituents is 8. The van der Waals surface area contributed by atoms with Crippen LogP contribution in [0.3, 0.4) is 0 Å². The molecule has 0 amide bonds. The van der Waals surface area contributed by atoms with Gasteiger partial charge in [-0.15, -0.1) is 0 Å². The predicted molar refractivity (Wildman–Crippen MR) is 489 cm³/mol. The van der Waals surface area contributed by atoms with Crippen LogP contribution in [0.2, 0.25) is 0 Å². The average molecular weight is 2120 g/mol. The van der Waals surface area contributed by atoms with E-state index < -0.39 is 270 Å². The largest absolute Gasteiger partial charge is 0.546 e. The Morgan fingerprint density at radius 3 is 0.533 bits per heavy atom. The Morgan fingerprint density at radius 1 is 0.187 bits per heavy atom. The zero-order valence-electron chi connectivity index (χ0n) is 78.2. The summed E-state index contributed by atoms with van der Waals surface area (Å²) in [5.41, 5.74) is -2.52. The van der Waals surface area contributed by atoms with E-state index in [4.69, 9.17) is 138 Å². The van der Waals surface area contributed by atoms with E-state index in [9.17, 15) is 119 Å². The van der Waals surface area contributed by atoms with Gasteiger partial charge in [-0.1, -0.05) is 0 Å². The molecule has 0 aliphatic carbocycles. The first-order valence-corrected chi connectivity index (χ1v) is 43.7. The topological polar surface area (TPSA) is 749 Å². The van der Waals surface area contributed by atoms with E-state index in [0.29, 0.717) is 0 Å². The van der Waals surface area contributed by atoms with Crippen LogP contribution < -0.4 is 37.9 Å². The van der Waals surface area contributed by atoms with E-state index in [1.54, 1.807) is 0 Å². The maximum absolute atomic E-state index is 12.9. The fourth-order valence-electron chi connectivity index (χ4n) is 11.3. The molecule has 0 radical (unpaired) electrons. The first-order chi connectivity index (χ1) is 72.2. The normalized spacial score (nSPS) is 12.1. The smallest absolute Gasteiger partial charge is 0.432 e. The van der Waals surface area contributed by atoms with Crippen LogP contribution in [0, 0.1) is 80.9 Å². The van der Waals surface area contributed by atoms with E-state index >= 15 is 0 Å². The molecule has 0 bridgehead atoms. The van der Waals surface area contributed by atoms with Gasteiger partial charge in [-0.3, -0.25) is 85.8 Å². The summed E-state index contributed by atoms with van der Waals surface area (Å²) in [5, 5.41) is 89.8. The number of nitro benzene ring substituents is 8. The van der Waals surface area contributed by atoms with Crippen molar-refractivity contribution in [2.45, 2.75) is 36.6 Å². The quantitative estimate of drug-likeness (QED) is 0.00499. The van der Waals surface area contributed by atoms with Crippen LogP contribution >= 0.6 is 0 Å². The molecular formula is C89H92N8O53. The van der Waals surface area contributed by atoms with Gasteiger partial charge in [-0.25, -0.2) is 38.4 Å². The molecular weight excluding hydrogens is 2030 g/mol. The first kappa shape index (κ1) is 118. The van der Waals surface area contributed by atoms with Gasteiger partial charge in [0.05, 0.1) is 165 Å². The highest BCUT2D eigenvalue weighted by Gasteiger charge is 2.27. The number of hydrogen-bond acceptors (Lipinski definition) is 53. The number of rotatable bonds is 70. The van der Waals surface area contributed by atoms with Gasteiger partial charge < -0.3 is 128 Å². The van der Waals surface area contributed by atoms with Crippen molar-refractivity contribution in [1.29, 1.82) is 0 Å². The van der Waals surface area contributed by atoms with Crippen molar-refractivity contribution >= 4 is 94.6 Å². The number of nitrogens with zero attached hydrogens (tertiary/aromatic N) is 8. The minimum Gasteiger partial charge on any atom is -0.432 e. The van der Waals surface area contributed by atoms with E-state index in [0.717, 1.165) is 182 Å². The Morgan fingerprint density at radius 2 is 0.347 bits per heavy atom. The summed E-state index contributed by atoms with van der Waals surface area (Å²) < 4.78 is 150. The summed E-state index contributed by atoms with van der Waals surface area (Å²) in [6.45, 7) is -12.4. The monoisotopic (exact) mass is 2120 g/mol. The molecule has 806 valence electrons. The minimum absolute atomic E-state index is 0.0130. The molecule has 61 heteroatoms. The highest BCUT2D eigenvalue weighted by molar-refractivity contribution is 5.74. The number of benzene rings is 8. The molecule has 150 heavy (non-hydrogen) atoms. The summed E-state index contributed by atoms with van der Waals surface area (Å²) in [4.78, 5) is 196. The van der Waals surface area contributed by atoms with Crippen LogP contribution in [-0.2, 0) is 105 Å². The van der Waals surface area contributed by atoms with Crippen LogP contribution in [0.1, 0.15) is 0 Å². The Balaban J connectivity index is 0.994. The van der Waals surface area contributed by atoms with Gasteiger partial charge in [0, 0.05) is 97.1 Å². The van der Waals surface area contributed by atoms with E-state index in [-0.39, 0.29) is 125 Å². The summed E-state index contributed by atoms with van der Waals surface area (Å²) in [7, 11) is 0. The molecule has 8 rings (SSSR count). The molecule has 0 spiro atoms. The van der Waals surface area contributed by atoms with Crippen molar-refractivity contribution in [1.82, 2.24) is 0 Å². The molecule has 0 aliphatic rings. The Labute approximate surface area is 843 Å². The maximum atomic E-state index is 12.9. The van der Waals surface area contributed by atoms with Gasteiger partial charge in [0.25, 0.3) is 45.5 Å².